The lowest BCUT2D eigenvalue weighted by atomic mass is 10.2. The molecule has 1 amide bonds. The molecule has 0 saturated heterocycles. The molecule has 0 aliphatic carbocycles. The van der Waals surface area contributed by atoms with Crippen molar-refractivity contribution in [3.8, 4) is 0 Å². The second-order valence-corrected chi connectivity index (χ2v) is 5.29. The molecular formula is C19H16N4O3. The van der Waals surface area contributed by atoms with Crippen LogP contribution in [0.15, 0.2) is 67.1 Å². The summed E-state index contributed by atoms with van der Waals surface area (Å²) in [4.78, 5) is 32.1. The number of hydrogen-bond acceptors (Lipinski definition) is 6. The molecule has 0 aliphatic heterocycles. The zero-order valence-electron chi connectivity index (χ0n) is 14.0. The minimum Gasteiger partial charge on any atom is -0.465 e. The van der Waals surface area contributed by atoms with Gasteiger partial charge in [0.25, 0.3) is 5.91 Å². The molecule has 0 radical (unpaired) electrons. The van der Waals surface area contributed by atoms with E-state index in [1.165, 1.54) is 19.5 Å². The van der Waals surface area contributed by atoms with Crippen molar-refractivity contribution in [3.05, 3.63) is 78.2 Å². The fraction of sp³-hybridized carbons (Fsp3) is 0.0526. The van der Waals surface area contributed by atoms with E-state index >= 15 is 0 Å². The summed E-state index contributed by atoms with van der Waals surface area (Å²) in [6.45, 7) is 0. The number of rotatable bonds is 5. The number of pyridine rings is 2. The molecule has 0 spiro atoms. The Morgan fingerprint density at radius 2 is 1.85 bits per heavy atom. The summed E-state index contributed by atoms with van der Waals surface area (Å²) in [5, 5.41) is 5.81. The SMILES string of the molecule is COC(=O)c1ccccc1Nc1ccc(NC(=O)c2cccnc2)cn1. The molecule has 0 unspecified atom stereocenters. The van der Waals surface area contributed by atoms with Crippen LogP contribution in [-0.2, 0) is 4.74 Å². The lowest BCUT2D eigenvalue weighted by molar-refractivity contribution is 0.0601. The molecule has 3 aromatic rings. The number of carbonyl (C=O) groups excluding carboxylic acids is 2. The molecular weight excluding hydrogens is 332 g/mol. The summed E-state index contributed by atoms with van der Waals surface area (Å²) >= 11 is 0. The van der Waals surface area contributed by atoms with Crippen LogP contribution in [0.3, 0.4) is 0 Å². The molecule has 0 atom stereocenters. The van der Waals surface area contributed by atoms with Gasteiger partial charge in [-0.3, -0.25) is 9.78 Å². The van der Waals surface area contributed by atoms with Crippen LogP contribution in [0.2, 0.25) is 0 Å². The van der Waals surface area contributed by atoms with E-state index in [0.717, 1.165) is 0 Å². The second kappa shape index (κ2) is 7.89. The van der Waals surface area contributed by atoms with Gasteiger partial charge in [-0.2, -0.15) is 0 Å². The maximum absolute atomic E-state index is 12.1. The van der Waals surface area contributed by atoms with Crippen LogP contribution in [0.25, 0.3) is 0 Å². The second-order valence-electron chi connectivity index (χ2n) is 5.29. The van der Waals surface area contributed by atoms with Gasteiger partial charge in [0, 0.05) is 12.4 Å². The van der Waals surface area contributed by atoms with E-state index in [1.54, 1.807) is 54.7 Å². The first-order valence-electron chi connectivity index (χ1n) is 7.79. The molecule has 7 nitrogen and oxygen atoms in total. The van der Waals surface area contributed by atoms with Crippen molar-refractivity contribution in [2.24, 2.45) is 0 Å². The van der Waals surface area contributed by atoms with Gasteiger partial charge in [0.2, 0.25) is 0 Å². The van der Waals surface area contributed by atoms with Crippen molar-refractivity contribution >= 4 is 29.1 Å². The highest BCUT2D eigenvalue weighted by Crippen LogP contribution is 2.21. The normalized spacial score (nSPS) is 10.0. The first-order valence-corrected chi connectivity index (χ1v) is 7.79. The highest BCUT2D eigenvalue weighted by molar-refractivity contribution is 6.04. The lowest BCUT2D eigenvalue weighted by Crippen LogP contribution is -2.12. The number of aromatic nitrogens is 2. The third-order valence-electron chi connectivity index (χ3n) is 3.54. The van der Waals surface area contributed by atoms with Gasteiger partial charge in [-0.1, -0.05) is 12.1 Å². The van der Waals surface area contributed by atoms with Crippen molar-refractivity contribution in [1.29, 1.82) is 0 Å². The molecule has 7 heteroatoms. The maximum atomic E-state index is 12.1. The van der Waals surface area contributed by atoms with Crippen LogP contribution in [0.4, 0.5) is 17.2 Å². The van der Waals surface area contributed by atoms with Crippen LogP contribution in [0, 0.1) is 0 Å². The van der Waals surface area contributed by atoms with Crippen molar-refractivity contribution in [2.45, 2.75) is 0 Å². The molecule has 2 heterocycles. The van der Waals surface area contributed by atoms with Gasteiger partial charge in [0.15, 0.2) is 0 Å². The predicted octanol–water partition coefficient (Wildman–Crippen LogP) is 3.26. The Labute approximate surface area is 150 Å². The van der Waals surface area contributed by atoms with E-state index in [-0.39, 0.29) is 5.91 Å². The molecule has 2 N–H and O–H groups in total. The van der Waals surface area contributed by atoms with E-state index in [2.05, 4.69) is 20.6 Å². The van der Waals surface area contributed by atoms with Crippen LogP contribution in [-0.4, -0.2) is 29.0 Å². The Hall–Kier alpha value is -3.74. The Bertz CT molecular complexity index is 912. The first kappa shape index (κ1) is 17.1. The van der Waals surface area contributed by atoms with Crippen molar-refractivity contribution in [2.75, 3.05) is 17.7 Å². The van der Waals surface area contributed by atoms with Gasteiger partial charge in [-0.25, -0.2) is 9.78 Å². The van der Waals surface area contributed by atoms with Gasteiger partial charge in [0.1, 0.15) is 5.82 Å². The van der Waals surface area contributed by atoms with Crippen molar-refractivity contribution < 1.29 is 14.3 Å². The van der Waals surface area contributed by atoms with E-state index in [1.807, 2.05) is 0 Å². The number of hydrogen-bond donors (Lipinski definition) is 2. The quantitative estimate of drug-likeness (QED) is 0.688. The molecule has 26 heavy (non-hydrogen) atoms. The number of anilines is 3. The number of amides is 1. The molecule has 0 saturated carbocycles. The number of benzene rings is 1. The van der Waals surface area contributed by atoms with E-state index < -0.39 is 5.97 Å². The molecule has 0 aliphatic rings. The van der Waals surface area contributed by atoms with Gasteiger partial charge >= 0.3 is 5.97 Å². The third kappa shape index (κ3) is 4.02. The Kier molecular flexibility index (Phi) is 5.19. The summed E-state index contributed by atoms with van der Waals surface area (Å²) in [6.07, 6.45) is 4.62. The molecule has 2 aromatic heterocycles. The predicted molar refractivity (Wildman–Crippen MR) is 97.5 cm³/mol. The van der Waals surface area contributed by atoms with Crippen molar-refractivity contribution in [3.63, 3.8) is 0 Å². The highest BCUT2D eigenvalue weighted by Gasteiger charge is 2.11. The Morgan fingerprint density at radius 1 is 1.00 bits per heavy atom. The topological polar surface area (TPSA) is 93.2 Å². The number of ether oxygens (including phenoxy) is 1. The van der Waals surface area contributed by atoms with Crippen LogP contribution in [0.5, 0.6) is 0 Å². The van der Waals surface area contributed by atoms with Crippen LogP contribution in [0.1, 0.15) is 20.7 Å². The number of esters is 1. The average molecular weight is 348 g/mol. The van der Waals surface area contributed by atoms with Gasteiger partial charge in [0.05, 0.1) is 35.8 Å². The zero-order chi connectivity index (χ0) is 18.4. The molecule has 0 bridgehead atoms. The van der Waals surface area contributed by atoms with E-state index in [0.29, 0.717) is 28.3 Å². The summed E-state index contributed by atoms with van der Waals surface area (Å²) in [5.41, 5.74) is 2.00. The number of methoxy groups -OCH3 is 1. The largest absolute Gasteiger partial charge is 0.465 e. The number of nitrogens with zero attached hydrogens (tertiary/aromatic N) is 2. The number of para-hydroxylation sites is 1. The Balaban J connectivity index is 1.71. The zero-order valence-corrected chi connectivity index (χ0v) is 14.0. The monoisotopic (exact) mass is 348 g/mol. The van der Waals surface area contributed by atoms with Crippen LogP contribution >= 0.6 is 0 Å². The third-order valence-corrected chi connectivity index (χ3v) is 3.54. The first-order chi connectivity index (χ1) is 12.7. The summed E-state index contributed by atoms with van der Waals surface area (Å²) < 4.78 is 4.77. The minimum absolute atomic E-state index is 0.267. The minimum atomic E-state index is -0.437. The fourth-order valence-corrected chi connectivity index (χ4v) is 2.26. The summed E-state index contributed by atoms with van der Waals surface area (Å²) in [7, 11) is 1.33. The molecule has 130 valence electrons. The summed E-state index contributed by atoms with van der Waals surface area (Å²) in [6, 6.07) is 13.8. The smallest absolute Gasteiger partial charge is 0.339 e. The molecule has 0 fully saturated rings. The molecule has 1 aromatic carbocycles. The molecule has 3 rings (SSSR count). The number of carbonyl (C=O) groups is 2. The average Bonchev–Trinajstić information content (AvgIpc) is 2.70. The van der Waals surface area contributed by atoms with Crippen molar-refractivity contribution in [1.82, 2.24) is 9.97 Å². The summed E-state index contributed by atoms with van der Waals surface area (Å²) in [5.74, 6) is -0.175. The standard InChI is InChI=1S/C19H16N4O3/c1-26-19(25)15-6-2-3-7-16(15)23-17-9-8-14(12-21-17)22-18(24)13-5-4-10-20-11-13/h2-12H,1H3,(H,21,23)(H,22,24). The van der Waals surface area contributed by atoms with Gasteiger partial charge in [-0.15, -0.1) is 0 Å². The maximum Gasteiger partial charge on any atom is 0.339 e. The fourth-order valence-electron chi connectivity index (χ4n) is 2.26. The van der Waals surface area contributed by atoms with E-state index in [4.69, 9.17) is 4.74 Å². The lowest BCUT2D eigenvalue weighted by Gasteiger charge is -2.10. The van der Waals surface area contributed by atoms with Gasteiger partial charge < -0.3 is 15.4 Å². The van der Waals surface area contributed by atoms with Crippen LogP contribution < -0.4 is 10.6 Å². The van der Waals surface area contributed by atoms with Gasteiger partial charge in [-0.05, 0) is 36.4 Å². The highest BCUT2D eigenvalue weighted by atomic mass is 16.5. The Morgan fingerprint density at radius 3 is 2.54 bits per heavy atom. The van der Waals surface area contributed by atoms with E-state index in [9.17, 15) is 9.59 Å². The number of nitrogens with one attached hydrogen (secondary N) is 2.